The number of rotatable bonds is 2. The fourth-order valence-electron chi connectivity index (χ4n) is 2.63. The number of nitrogens with one attached hydrogen (secondary N) is 1. The number of piperazine rings is 1. The molecule has 2 N–H and O–H groups in total. The number of hydrogen-bond acceptors (Lipinski definition) is 3. The molecule has 0 saturated carbocycles. The number of nitrogens with zero attached hydrogens (tertiary/aromatic N) is 1. The van der Waals surface area contributed by atoms with E-state index < -0.39 is 0 Å². The molecule has 0 unspecified atom stereocenters. The highest BCUT2D eigenvalue weighted by atomic mass is 35.5. The van der Waals surface area contributed by atoms with Crippen LogP contribution in [-0.2, 0) is 0 Å². The minimum atomic E-state index is 0.261. The van der Waals surface area contributed by atoms with E-state index in [9.17, 15) is 5.11 Å². The van der Waals surface area contributed by atoms with E-state index in [0.717, 1.165) is 43.0 Å². The maximum Gasteiger partial charge on any atom is 0.123 e. The summed E-state index contributed by atoms with van der Waals surface area (Å²) in [5.41, 5.74) is 2.78. The fourth-order valence-corrected chi connectivity index (χ4v) is 2.91. The second-order valence-electron chi connectivity index (χ2n) is 4.89. The molecule has 3 rings (SSSR count). The molecule has 0 aliphatic carbocycles. The Morgan fingerprint density at radius 2 is 1.75 bits per heavy atom. The van der Waals surface area contributed by atoms with Crippen molar-refractivity contribution in [3.05, 3.63) is 47.5 Å². The summed E-state index contributed by atoms with van der Waals surface area (Å²) in [7, 11) is 0. The highest BCUT2D eigenvalue weighted by Gasteiger charge is 2.18. The summed E-state index contributed by atoms with van der Waals surface area (Å²) in [6.07, 6.45) is 0. The van der Waals surface area contributed by atoms with Crippen molar-refractivity contribution in [2.45, 2.75) is 0 Å². The lowest BCUT2D eigenvalue weighted by Gasteiger charge is -2.31. The minimum absolute atomic E-state index is 0.261. The van der Waals surface area contributed by atoms with Gasteiger partial charge >= 0.3 is 0 Å². The third kappa shape index (κ3) is 2.47. The molecule has 0 atom stereocenters. The molecule has 1 saturated heterocycles. The molecule has 104 valence electrons. The summed E-state index contributed by atoms with van der Waals surface area (Å²) < 4.78 is 0. The summed E-state index contributed by atoms with van der Waals surface area (Å²) >= 11 is 6.40. The van der Waals surface area contributed by atoms with Crippen LogP contribution < -0.4 is 10.2 Å². The Balaban J connectivity index is 2.12. The van der Waals surface area contributed by atoms with E-state index in [0.29, 0.717) is 5.02 Å². The van der Waals surface area contributed by atoms with Crippen molar-refractivity contribution in [1.82, 2.24) is 5.32 Å². The van der Waals surface area contributed by atoms with Crippen LogP contribution in [0.3, 0.4) is 0 Å². The van der Waals surface area contributed by atoms with E-state index >= 15 is 0 Å². The van der Waals surface area contributed by atoms with Gasteiger partial charge in [-0.1, -0.05) is 35.9 Å². The fraction of sp³-hybridized carbons (Fsp3) is 0.250. The SMILES string of the molecule is Oc1ccccc1-c1c(Cl)cccc1N1CCNCC1. The zero-order valence-corrected chi connectivity index (χ0v) is 11.9. The van der Waals surface area contributed by atoms with E-state index in [-0.39, 0.29) is 5.75 Å². The van der Waals surface area contributed by atoms with Gasteiger partial charge in [-0.3, -0.25) is 0 Å². The van der Waals surface area contributed by atoms with Crippen LogP contribution in [0.1, 0.15) is 0 Å². The molecule has 4 heteroatoms. The van der Waals surface area contributed by atoms with Crippen molar-refractivity contribution in [3.8, 4) is 16.9 Å². The molecule has 2 aromatic rings. The van der Waals surface area contributed by atoms with Crippen LogP contribution in [0.25, 0.3) is 11.1 Å². The second-order valence-corrected chi connectivity index (χ2v) is 5.30. The highest BCUT2D eigenvalue weighted by molar-refractivity contribution is 6.34. The number of phenols is 1. The third-order valence-electron chi connectivity index (χ3n) is 3.62. The molecule has 1 aliphatic heterocycles. The topological polar surface area (TPSA) is 35.5 Å². The molecule has 0 bridgehead atoms. The van der Waals surface area contributed by atoms with Crippen LogP contribution in [-0.4, -0.2) is 31.3 Å². The molecule has 0 radical (unpaired) electrons. The van der Waals surface area contributed by atoms with Gasteiger partial charge in [0.05, 0.1) is 5.02 Å². The molecule has 0 aromatic heterocycles. The number of hydrogen-bond donors (Lipinski definition) is 2. The third-order valence-corrected chi connectivity index (χ3v) is 3.94. The smallest absolute Gasteiger partial charge is 0.123 e. The summed E-state index contributed by atoms with van der Waals surface area (Å²) in [6, 6.07) is 13.2. The van der Waals surface area contributed by atoms with Gasteiger partial charge in [0.15, 0.2) is 0 Å². The molecular weight excluding hydrogens is 272 g/mol. The van der Waals surface area contributed by atoms with Gasteiger partial charge in [-0.2, -0.15) is 0 Å². The maximum absolute atomic E-state index is 10.1. The first kappa shape index (κ1) is 13.3. The van der Waals surface area contributed by atoms with Crippen LogP contribution in [0.5, 0.6) is 5.75 Å². The van der Waals surface area contributed by atoms with Crippen LogP contribution in [0.4, 0.5) is 5.69 Å². The van der Waals surface area contributed by atoms with Crippen LogP contribution in [0.2, 0.25) is 5.02 Å². The average molecular weight is 289 g/mol. The number of anilines is 1. The van der Waals surface area contributed by atoms with Crippen molar-refractivity contribution < 1.29 is 5.11 Å². The largest absolute Gasteiger partial charge is 0.507 e. The van der Waals surface area contributed by atoms with E-state index in [1.165, 1.54) is 0 Å². The second kappa shape index (κ2) is 5.73. The maximum atomic E-state index is 10.1. The van der Waals surface area contributed by atoms with E-state index in [1.54, 1.807) is 6.07 Å². The number of benzene rings is 2. The molecule has 1 heterocycles. The van der Waals surface area contributed by atoms with Crippen LogP contribution >= 0.6 is 11.6 Å². The Morgan fingerprint density at radius 1 is 1.00 bits per heavy atom. The number of halogens is 1. The molecule has 1 aliphatic rings. The van der Waals surface area contributed by atoms with Gasteiger partial charge in [0, 0.05) is 43.0 Å². The zero-order chi connectivity index (χ0) is 13.9. The predicted molar refractivity (Wildman–Crippen MR) is 83.6 cm³/mol. The quantitative estimate of drug-likeness (QED) is 0.891. The lowest BCUT2D eigenvalue weighted by atomic mass is 10.0. The van der Waals surface area contributed by atoms with E-state index in [2.05, 4.69) is 16.3 Å². The lowest BCUT2D eigenvalue weighted by molar-refractivity contribution is 0.477. The normalized spacial score (nSPS) is 15.3. The number of para-hydroxylation sites is 1. The van der Waals surface area contributed by atoms with Crippen molar-refractivity contribution >= 4 is 17.3 Å². The van der Waals surface area contributed by atoms with E-state index in [1.807, 2.05) is 30.3 Å². The Hall–Kier alpha value is -1.71. The Kier molecular flexibility index (Phi) is 3.81. The Labute approximate surface area is 123 Å². The molecular formula is C16H17ClN2O. The van der Waals surface area contributed by atoms with Crippen molar-refractivity contribution in [3.63, 3.8) is 0 Å². The first-order valence-corrected chi connectivity index (χ1v) is 7.18. The van der Waals surface area contributed by atoms with Gasteiger partial charge < -0.3 is 15.3 Å². The van der Waals surface area contributed by atoms with Gasteiger partial charge in [0.2, 0.25) is 0 Å². The molecule has 3 nitrogen and oxygen atoms in total. The minimum Gasteiger partial charge on any atom is -0.507 e. The van der Waals surface area contributed by atoms with Gasteiger partial charge in [0.1, 0.15) is 5.75 Å². The molecule has 0 amide bonds. The van der Waals surface area contributed by atoms with Crippen molar-refractivity contribution in [1.29, 1.82) is 0 Å². The predicted octanol–water partition coefficient (Wildman–Crippen LogP) is 3.12. The number of phenolic OH excluding ortho intramolecular Hbond substituents is 1. The summed E-state index contributed by atoms with van der Waals surface area (Å²) in [6.45, 7) is 3.82. The highest BCUT2D eigenvalue weighted by Crippen LogP contribution is 2.40. The Bertz CT molecular complexity index is 609. The van der Waals surface area contributed by atoms with Crippen LogP contribution in [0, 0.1) is 0 Å². The van der Waals surface area contributed by atoms with Gasteiger partial charge in [-0.25, -0.2) is 0 Å². The molecule has 1 fully saturated rings. The first-order valence-electron chi connectivity index (χ1n) is 6.80. The van der Waals surface area contributed by atoms with Gasteiger partial charge in [-0.05, 0) is 18.2 Å². The average Bonchev–Trinajstić information content (AvgIpc) is 2.49. The zero-order valence-electron chi connectivity index (χ0n) is 11.1. The summed E-state index contributed by atoms with van der Waals surface area (Å²) in [5.74, 6) is 0.261. The summed E-state index contributed by atoms with van der Waals surface area (Å²) in [5, 5.41) is 14.1. The number of aromatic hydroxyl groups is 1. The van der Waals surface area contributed by atoms with Gasteiger partial charge in [0.25, 0.3) is 0 Å². The van der Waals surface area contributed by atoms with Crippen molar-refractivity contribution in [2.24, 2.45) is 0 Å². The monoisotopic (exact) mass is 288 g/mol. The first-order chi connectivity index (χ1) is 9.77. The van der Waals surface area contributed by atoms with Gasteiger partial charge in [-0.15, -0.1) is 0 Å². The molecule has 0 spiro atoms. The Morgan fingerprint density at radius 3 is 2.50 bits per heavy atom. The molecule has 2 aromatic carbocycles. The van der Waals surface area contributed by atoms with E-state index in [4.69, 9.17) is 11.6 Å². The standard InChI is InChI=1S/C16H17ClN2O/c17-13-5-3-6-14(19-10-8-18-9-11-19)16(13)12-4-1-2-7-15(12)20/h1-7,18,20H,8-11H2. The van der Waals surface area contributed by atoms with Crippen molar-refractivity contribution in [2.75, 3.05) is 31.1 Å². The molecule has 20 heavy (non-hydrogen) atoms. The lowest BCUT2D eigenvalue weighted by Crippen LogP contribution is -2.43. The summed E-state index contributed by atoms with van der Waals surface area (Å²) in [4.78, 5) is 2.31. The van der Waals surface area contributed by atoms with Crippen LogP contribution in [0.15, 0.2) is 42.5 Å².